The van der Waals surface area contributed by atoms with Crippen LogP contribution in [0.4, 0.5) is 0 Å². The topological polar surface area (TPSA) is 63.1 Å². The second-order valence-electron chi connectivity index (χ2n) is 1.85. The van der Waals surface area contributed by atoms with Crippen LogP contribution in [0.25, 0.3) is 6.08 Å². The maximum Gasteiger partial charge on any atom is 0.356 e. The van der Waals surface area contributed by atoms with Gasteiger partial charge in [0.1, 0.15) is 0 Å². The van der Waals surface area contributed by atoms with Gasteiger partial charge in [-0.2, -0.15) is 5.10 Å². The molecule has 56 valence electrons. The lowest BCUT2D eigenvalue weighted by atomic mass is 10.3. The third kappa shape index (κ3) is 1.61. The van der Waals surface area contributed by atoms with Crippen LogP contribution in [0.15, 0.2) is 18.7 Å². The molecule has 0 amide bonds. The van der Waals surface area contributed by atoms with Gasteiger partial charge in [0.2, 0.25) is 0 Å². The summed E-state index contributed by atoms with van der Waals surface area (Å²) in [7, 11) is 0. The van der Waals surface area contributed by atoms with Crippen LogP contribution in [0.1, 0.15) is 16.2 Å². The van der Waals surface area contributed by atoms with Crippen LogP contribution in [0.5, 0.6) is 0 Å². The summed E-state index contributed by atoms with van der Waals surface area (Å²) in [5.74, 6) is -1.08. The van der Waals surface area contributed by atoms with Gasteiger partial charge in [-0.25, -0.2) is 4.79 Å². The average Bonchev–Trinajstić information content (AvgIpc) is 2.05. The highest BCUT2D eigenvalue weighted by molar-refractivity contribution is 5.85. The molecule has 1 N–H and O–H groups in total. The molecule has 1 rings (SSSR count). The predicted octanol–water partition coefficient (Wildman–Crippen LogP) is 0.818. The molecule has 11 heavy (non-hydrogen) atoms. The lowest BCUT2D eigenvalue weighted by molar-refractivity contribution is 0.0689. The van der Waals surface area contributed by atoms with E-state index in [2.05, 4.69) is 16.8 Å². The molecule has 4 heteroatoms. The number of aromatic nitrogens is 2. The smallest absolute Gasteiger partial charge is 0.356 e. The maximum absolute atomic E-state index is 10.3. The molecule has 0 spiro atoms. The Hall–Kier alpha value is -1.71. The molecule has 0 atom stereocenters. The molecule has 1 heterocycles. The Morgan fingerprint density at radius 3 is 2.64 bits per heavy atom. The Bertz CT molecular complexity index is 279. The van der Waals surface area contributed by atoms with Gasteiger partial charge in [-0.1, -0.05) is 6.58 Å². The largest absolute Gasteiger partial charge is 0.476 e. The van der Waals surface area contributed by atoms with Crippen LogP contribution in [0.3, 0.4) is 0 Å². The van der Waals surface area contributed by atoms with Crippen molar-refractivity contribution < 1.29 is 9.90 Å². The Morgan fingerprint density at radius 2 is 2.27 bits per heavy atom. The summed E-state index contributed by atoms with van der Waals surface area (Å²) in [5.41, 5.74) is 0.505. The number of aromatic carboxylic acids is 1. The number of rotatable bonds is 2. The van der Waals surface area contributed by atoms with E-state index in [1.807, 2.05) is 0 Å². The van der Waals surface area contributed by atoms with E-state index < -0.39 is 5.97 Å². The quantitative estimate of drug-likeness (QED) is 0.677. The van der Waals surface area contributed by atoms with Crippen molar-refractivity contribution in [1.29, 1.82) is 0 Å². The van der Waals surface area contributed by atoms with E-state index in [1.165, 1.54) is 12.1 Å². The zero-order valence-electron chi connectivity index (χ0n) is 5.69. The van der Waals surface area contributed by atoms with Crippen molar-refractivity contribution in [3.05, 3.63) is 30.1 Å². The molecule has 0 aliphatic heterocycles. The SMILES string of the molecule is C=Cc1ccc(C(=O)O)nn1. The summed E-state index contributed by atoms with van der Waals surface area (Å²) in [6, 6.07) is 2.93. The van der Waals surface area contributed by atoms with E-state index in [-0.39, 0.29) is 5.69 Å². The molecular weight excluding hydrogens is 144 g/mol. The molecule has 0 fully saturated rings. The standard InChI is InChI=1S/C7H6N2O2/c1-2-5-3-4-6(7(10)11)9-8-5/h2-4H,1H2,(H,10,11). The molecular formula is C7H6N2O2. The van der Waals surface area contributed by atoms with Crippen molar-refractivity contribution in [2.75, 3.05) is 0 Å². The molecule has 0 aliphatic rings. The summed E-state index contributed by atoms with van der Waals surface area (Å²) in [6.45, 7) is 3.46. The summed E-state index contributed by atoms with van der Waals surface area (Å²) in [5, 5.41) is 15.4. The van der Waals surface area contributed by atoms with Gasteiger partial charge in [-0.15, -0.1) is 5.10 Å². The molecule has 0 bridgehead atoms. The van der Waals surface area contributed by atoms with Crippen LogP contribution >= 0.6 is 0 Å². The maximum atomic E-state index is 10.3. The lowest BCUT2D eigenvalue weighted by Crippen LogP contribution is -2.01. The molecule has 0 aliphatic carbocycles. The zero-order valence-corrected chi connectivity index (χ0v) is 5.69. The number of carboxylic acids is 1. The lowest BCUT2D eigenvalue weighted by Gasteiger charge is -1.91. The Morgan fingerprint density at radius 1 is 1.55 bits per heavy atom. The van der Waals surface area contributed by atoms with E-state index in [0.717, 1.165) is 0 Å². The fraction of sp³-hybridized carbons (Fsp3) is 0. The van der Waals surface area contributed by atoms with Crippen molar-refractivity contribution in [2.45, 2.75) is 0 Å². The summed E-state index contributed by atoms with van der Waals surface area (Å²) < 4.78 is 0. The van der Waals surface area contributed by atoms with E-state index in [4.69, 9.17) is 5.11 Å². The highest BCUT2D eigenvalue weighted by atomic mass is 16.4. The van der Waals surface area contributed by atoms with Gasteiger partial charge >= 0.3 is 5.97 Å². The predicted molar refractivity (Wildman–Crippen MR) is 39.1 cm³/mol. The molecule has 1 aromatic heterocycles. The number of nitrogens with zero attached hydrogens (tertiary/aromatic N) is 2. The fourth-order valence-electron chi connectivity index (χ4n) is 0.566. The first-order valence-electron chi connectivity index (χ1n) is 2.93. The van der Waals surface area contributed by atoms with Crippen LogP contribution in [0, 0.1) is 0 Å². The first-order valence-corrected chi connectivity index (χ1v) is 2.93. The van der Waals surface area contributed by atoms with Crippen molar-refractivity contribution in [2.24, 2.45) is 0 Å². The van der Waals surface area contributed by atoms with Crippen molar-refractivity contribution in [1.82, 2.24) is 10.2 Å². The minimum Gasteiger partial charge on any atom is -0.476 e. The van der Waals surface area contributed by atoms with Gasteiger partial charge in [0.05, 0.1) is 5.69 Å². The molecule has 0 aromatic carbocycles. The second kappa shape index (κ2) is 2.92. The van der Waals surface area contributed by atoms with Gasteiger partial charge in [0.15, 0.2) is 5.69 Å². The van der Waals surface area contributed by atoms with Crippen LogP contribution < -0.4 is 0 Å². The third-order valence-corrected chi connectivity index (χ3v) is 1.11. The minimum atomic E-state index is -1.08. The van der Waals surface area contributed by atoms with Crippen LogP contribution in [0.2, 0.25) is 0 Å². The van der Waals surface area contributed by atoms with Crippen molar-refractivity contribution in [3.8, 4) is 0 Å². The van der Waals surface area contributed by atoms with Crippen molar-refractivity contribution in [3.63, 3.8) is 0 Å². The molecule has 0 radical (unpaired) electrons. The normalized spacial score (nSPS) is 9.09. The highest BCUT2D eigenvalue weighted by Gasteiger charge is 2.02. The summed E-state index contributed by atoms with van der Waals surface area (Å²) in [4.78, 5) is 10.3. The van der Waals surface area contributed by atoms with E-state index in [9.17, 15) is 4.79 Å². The molecule has 0 saturated carbocycles. The Kier molecular flexibility index (Phi) is 1.96. The summed E-state index contributed by atoms with van der Waals surface area (Å²) >= 11 is 0. The van der Waals surface area contributed by atoms with Gasteiger partial charge in [-0.3, -0.25) is 0 Å². The van der Waals surface area contributed by atoms with Crippen molar-refractivity contribution >= 4 is 12.0 Å². The molecule has 0 unspecified atom stereocenters. The van der Waals surface area contributed by atoms with Gasteiger partial charge in [0, 0.05) is 0 Å². The average molecular weight is 150 g/mol. The van der Waals surface area contributed by atoms with Gasteiger partial charge < -0.3 is 5.11 Å². The summed E-state index contributed by atoms with van der Waals surface area (Å²) in [6.07, 6.45) is 1.50. The van der Waals surface area contributed by atoms with Gasteiger partial charge in [-0.05, 0) is 18.2 Å². The second-order valence-corrected chi connectivity index (χ2v) is 1.85. The first kappa shape index (κ1) is 7.40. The van der Waals surface area contributed by atoms with Crippen LogP contribution in [-0.4, -0.2) is 21.3 Å². The van der Waals surface area contributed by atoms with E-state index in [0.29, 0.717) is 5.69 Å². The van der Waals surface area contributed by atoms with Crippen LogP contribution in [-0.2, 0) is 0 Å². The number of hydrogen-bond acceptors (Lipinski definition) is 3. The molecule has 4 nitrogen and oxygen atoms in total. The monoisotopic (exact) mass is 150 g/mol. The van der Waals surface area contributed by atoms with E-state index in [1.54, 1.807) is 6.07 Å². The number of hydrogen-bond donors (Lipinski definition) is 1. The third-order valence-electron chi connectivity index (χ3n) is 1.11. The molecule has 1 aromatic rings. The first-order chi connectivity index (χ1) is 5.24. The Labute approximate surface area is 63.2 Å². The zero-order chi connectivity index (χ0) is 8.27. The molecule has 0 saturated heterocycles. The Balaban J connectivity index is 3.00. The van der Waals surface area contributed by atoms with E-state index >= 15 is 0 Å². The number of carboxylic acid groups (broad SMARTS) is 1. The number of carbonyl (C=O) groups is 1. The van der Waals surface area contributed by atoms with Gasteiger partial charge in [0.25, 0.3) is 0 Å². The minimum absolute atomic E-state index is 0.0596. The fourth-order valence-corrected chi connectivity index (χ4v) is 0.566. The highest BCUT2D eigenvalue weighted by Crippen LogP contribution is 1.96.